The number of hydrogen-bond donors (Lipinski definition) is 1. The third kappa shape index (κ3) is 3.19. The number of nitrogens with one attached hydrogen (secondary N) is 1. The number of urea groups is 1. The number of ether oxygens (including phenoxy) is 1. The van der Waals surface area contributed by atoms with E-state index in [1.807, 2.05) is 43.0 Å². The number of methoxy groups -OCH3 is 1. The maximum Gasteiger partial charge on any atom is 0.318 e. The Morgan fingerprint density at radius 3 is 2.63 bits per heavy atom. The minimum Gasteiger partial charge on any atom is -0.497 e. The van der Waals surface area contributed by atoms with Crippen LogP contribution in [0, 0.1) is 0 Å². The summed E-state index contributed by atoms with van der Waals surface area (Å²) in [6, 6.07) is 8.38. The molecule has 1 aliphatic rings. The summed E-state index contributed by atoms with van der Waals surface area (Å²) in [5.41, 5.74) is 1.18. The fourth-order valence-corrected chi connectivity index (χ4v) is 2.51. The lowest BCUT2D eigenvalue weighted by molar-refractivity contribution is 0.190. The Morgan fingerprint density at radius 1 is 1.37 bits per heavy atom. The summed E-state index contributed by atoms with van der Waals surface area (Å²) in [4.78, 5) is 14.1. The smallest absolute Gasteiger partial charge is 0.318 e. The SMILES string of the molecule is COc1ccc(C2CCCN2C(=O)NC(C)C)cc1. The molecule has 0 bridgehead atoms. The molecule has 1 unspecified atom stereocenters. The molecule has 1 N–H and O–H groups in total. The Kier molecular flexibility index (Phi) is 4.30. The molecule has 1 heterocycles. The average molecular weight is 262 g/mol. The van der Waals surface area contributed by atoms with Crippen molar-refractivity contribution in [3.8, 4) is 5.75 Å². The second-order valence-corrected chi connectivity index (χ2v) is 5.23. The standard InChI is InChI=1S/C15H22N2O2/c1-11(2)16-15(18)17-10-4-5-14(17)12-6-8-13(19-3)9-7-12/h6-9,11,14H,4-5,10H2,1-3H3,(H,16,18). The molecule has 1 atom stereocenters. The zero-order valence-corrected chi connectivity index (χ0v) is 11.8. The molecule has 2 rings (SSSR count). The van der Waals surface area contributed by atoms with E-state index < -0.39 is 0 Å². The summed E-state index contributed by atoms with van der Waals surface area (Å²) in [5.74, 6) is 0.847. The van der Waals surface area contributed by atoms with E-state index in [0.29, 0.717) is 0 Å². The Morgan fingerprint density at radius 2 is 2.05 bits per heavy atom. The molecule has 104 valence electrons. The van der Waals surface area contributed by atoms with Gasteiger partial charge in [-0.3, -0.25) is 0 Å². The summed E-state index contributed by atoms with van der Waals surface area (Å²) in [5, 5.41) is 2.97. The van der Waals surface area contributed by atoms with Crippen LogP contribution in [0.3, 0.4) is 0 Å². The molecule has 1 saturated heterocycles. The molecule has 0 aromatic heterocycles. The Bertz CT molecular complexity index is 428. The highest BCUT2D eigenvalue weighted by Crippen LogP contribution is 2.32. The van der Waals surface area contributed by atoms with Crippen LogP contribution in [-0.2, 0) is 0 Å². The van der Waals surface area contributed by atoms with Crippen molar-refractivity contribution in [1.82, 2.24) is 10.2 Å². The van der Waals surface area contributed by atoms with Crippen LogP contribution in [-0.4, -0.2) is 30.6 Å². The van der Waals surface area contributed by atoms with Gasteiger partial charge in [0, 0.05) is 12.6 Å². The number of nitrogens with zero attached hydrogens (tertiary/aromatic N) is 1. The molecular weight excluding hydrogens is 240 g/mol. The fourth-order valence-electron chi connectivity index (χ4n) is 2.51. The molecule has 0 saturated carbocycles. The summed E-state index contributed by atoms with van der Waals surface area (Å²) < 4.78 is 5.17. The van der Waals surface area contributed by atoms with Crippen molar-refractivity contribution in [2.24, 2.45) is 0 Å². The Hall–Kier alpha value is -1.71. The lowest BCUT2D eigenvalue weighted by Gasteiger charge is -2.26. The summed E-state index contributed by atoms with van der Waals surface area (Å²) in [6.45, 7) is 4.79. The molecule has 4 heteroatoms. The predicted molar refractivity (Wildman–Crippen MR) is 75.3 cm³/mol. The van der Waals surface area contributed by atoms with Gasteiger partial charge in [0.15, 0.2) is 0 Å². The molecule has 2 amide bonds. The highest BCUT2D eigenvalue weighted by molar-refractivity contribution is 5.75. The number of rotatable bonds is 3. The molecule has 0 aliphatic carbocycles. The van der Waals surface area contributed by atoms with E-state index in [-0.39, 0.29) is 18.1 Å². The average Bonchev–Trinajstić information content (AvgIpc) is 2.87. The van der Waals surface area contributed by atoms with Crippen LogP contribution in [0.2, 0.25) is 0 Å². The number of carbonyl (C=O) groups is 1. The van der Waals surface area contributed by atoms with Gasteiger partial charge in [0.2, 0.25) is 0 Å². The molecule has 0 spiro atoms. The van der Waals surface area contributed by atoms with E-state index in [9.17, 15) is 4.79 Å². The fraction of sp³-hybridized carbons (Fsp3) is 0.533. The summed E-state index contributed by atoms with van der Waals surface area (Å²) in [7, 11) is 1.66. The van der Waals surface area contributed by atoms with Crippen LogP contribution in [0.15, 0.2) is 24.3 Å². The van der Waals surface area contributed by atoms with Gasteiger partial charge >= 0.3 is 6.03 Å². The first-order valence-corrected chi connectivity index (χ1v) is 6.83. The van der Waals surface area contributed by atoms with Gasteiger partial charge in [-0.2, -0.15) is 0 Å². The molecule has 1 fully saturated rings. The predicted octanol–water partition coefficient (Wildman–Crippen LogP) is 2.95. The topological polar surface area (TPSA) is 41.6 Å². The van der Waals surface area contributed by atoms with Crippen LogP contribution in [0.4, 0.5) is 4.79 Å². The first-order chi connectivity index (χ1) is 9.11. The van der Waals surface area contributed by atoms with Crippen molar-refractivity contribution < 1.29 is 9.53 Å². The van der Waals surface area contributed by atoms with E-state index in [1.165, 1.54) is 5.56 Å². The zero-order chi connectivity index (χ0) is 13.8. The minimum absolute atomic E-state index is 0.0355. The van der Waals surface area contributed by atoms with E-state index in [1.54, 1.807) is 7.11 Å². The van der Waals surface area contributed by atoms with Gasteiger partial charge in [-0.15, -0.1) is 0 Å². The molecule has 1 aromatic rings. The van der Waals surface area contributed by atoms with Gasteiger partial charge in [0.05, 0.1) is 13.2 Å². The first kappa shape index (κ1) is 13.7. The molecule has 1 aromatic carbocycles. The second-order valence-electron chi connectivity index (χ2n) is 5.23. The van der Waals surface area contributed by atoms with Gasteiger partial charge in [-0.1, -0.05) is 12.1 Å². The number of benzene rings is 1. The zero-order valence-electron chi connectivity index (χ0n) is 11.8. The van der Waals surface area contributed by atoms with Crippen molar-refractivity contribution in [3.05, 3.63) is 29.8 Å². The van der Waals surface area contributed by atoms with Crippen LogP contribution < -0.4 is 10.1 Å². The minimum atomic E-state index is 0.0355. The van der Waals surface area contributed by atoms with E-state index in [0.717, 1.165) is 25.1 Å². The lowest BCUT2D eigenvalue weighted by atomic mass is 10.0. The van der Waals surface area contributed by atoms with Crippen LogP contribution in [0.25, 0.3) is 0 Å². The highest BCUT2D eigenvalue weighted by Gasteiger charge is 2.30. The first-order valence-electron chi connectivity index (χ1n) is 6.83. The molecule has 19 heavy (non-hydrogen) atoms. The van der Waals surface area contributed by atoms with Crippen molar-refractivity contribution in [1.29, 1.82) is 0 Å². The lowest BCUT2D eigenvalue weighted by Crippen LogP contribution is -2.42. The quantitative estimate of drug-likeness (QED) is 0.910. The van der Waals surface area contributed by atoms with Crippen LogP contribution in [0.1, 0.15) is 38.3 Å². The van der Waals surface area contributed by atoms with Gasteiger partial charge in [-0.25, -0.2) is 4.79 Å². The van der Waals surface area contributed by atoms with Gasteiger partial charge in [0.1, 0.15) is 5.75 Å². The van der Waals surface area contributed by atoms with E-state index >= 15 is 0 Å². The van der Waals surface area contributed by atoms with Crippen LogP contribution in [0.5, 0.6) is 5.75 Å². The van der Waals surface area contributed by atoms with Gasteiger partial charge < -0.3 is 15.0 Å². The van der Waals surface area contributed by atoms with Crippen molar-refractivity contribution in [2.45, 2.75) is 38.8 Å². The van der Waals surface area contributed by atoms with E-state index in [4.69, 9.17) is 4.74 Å². The van der Waals surface area contributed by atoms with Crippen molar-refractivity contribution in [3.63, 3.8) is 0 Å². The normalized spacial score (nSPS) is 18.7. The maximum absolute atomic E-state index is 12.2. The Balaban J connectivity index is 2.11. The molecule has 1 aliphatic heterocycles. The number of carbonyl (C=O) groups excluding carboxylic acids is 1. The van der Waals surface area contributed by atoms with E-state index in [2.05, 4.69) is 5.32 Å². The van der Waals surface area contributed by atoms with Crippen molar-refractivity contribution >= 4 is 6.03 Å². The second kappa shape index (κ2) is 5.95. The maximum atomic E-state index is 12.2. The third-order valence-electron chi connectivity index (χ3n) is 3.43. The van der Waals surface area contributed by atoms with Gasteiger partial charge in [-0.05, 0) is 44.4 Å². The largest absolute Gasteiger partial charge is 0.497 e. The third-order valence-corrected chi connectivity index (χ3v) is 3.43. The molecule has 4 nitrogen and oxygen atoms in total. The molecule has 0 radical (unpaired) electrons. The van der Waals surface area contributed by atoms with Crippen molar-refractivity contribution in [2.75, 3.05) is 13.7 Å². The summed E-state index contributed by atoms with van der Waals surface area (Å²) >= 11 is 0. The Labute approximate surface area is 114 Å². The monoisotopic (exact) mass is 262 g/mol. The number of amides is 2. The number of likely N-dealkylation sites (tertiary alicyclic amines) is 1. The molecular formula is C15H22N2O2. The number of hydrogen-bond acceptors (Lipinski definition) is 2. The highest BCUT2D eigenvalue weighted by atomic mass is 16.5. The van der Waals surface area contributed by atoms with Gasteiger partial charge in [0.25, 0.3) is 0 Å². The summed E-state index contributed by atoms with van der Waals surface area (Å²) in [6.07, 6.45) is 2.08. The van der Waals surface area contributed by atoms with Crippen LogP contribution >= 0.6 is 0 Å².